The fourth-order valence-electron chi connectivity index (χ4n) is 2.95. The normalized spacial score (nSPS) is 12.2. The van der Waals surface area contributed by atoms with E-state index in [0.717, 1.165) is 5.56 Å². The van der Waals surface area contributed by atoms with Crippen LogP contribution in [0.4, 0.5) is 14.6 Å². The summed E-state index contributed by atoms with van der Waals surface area (Å²) in [4.78, 5) is 33.6. The summed E-state index contributed by atoms with van der Waals surface area (Å²) in [7, 11) is 0. The third-order valence-electron chi connectivity index (χ3n) is 4.65. The molecule has 0 radical (unpaired) electrons. The number of amides is 2. The van der Waals surface area contributed by atoms with Gasteiger partial charge in [0.25, 0.3) is 12.3 Å². The Morgan fingerprint density at radius 2 is 1.75 bits per heavy atom. The molecule has 0 fully saturated rings. The van der Waals surface area contributed by atoms with E-state index >= 15 is 0 Å². The molecule has 2 aromatic heterocycles. The minimum absolute atomic E-state index is 0.0499. The summed E-state index contributed by atoms with van der Waals surface area (Å²) in [6.45, 7) is 10.2. The predicted molar refractivity (Wildman–Crippen MR) is 118 cm³/mol. The van der Waals surface area contributed by atoms with Crippen LogP contribution in [0.5, 0.6) is 5.88 Å². The van der Waals surface area contributed by atoms with Crippen molar-refractivity contribution in [2.45, 2.75) is 59.9 Å². The third kappa shape index (κ3) is 6.96. The van der Waals surface area contributed by atoms with Gasteiger partial charge in [-0.2, -0.15) is 0 Å². The summed E-state index contributed by atoms with van der Waals surface area (Å²) in [5.74, 6) is -0.336. The van der Waals surface area contributed by atoms with E-state index in [2.05, 4.69) is 20.6 Å². The molecule has 0 aliphatic carbocycles. The summed E-state index contributed by atoms with van der Waals surface area (Å²) >= 11 is 0. The highest BCUT2D eigenvalue weighted by molar-refractivity contribution is 5.96. The first-order chi connectivity index (χ1) is 15.0. The molecule has 9 heteroatoms. The van der Waals surface area contributed by atoms with Crippen molar-refractivity contribution < 1.29 is 23.1 Å². The van der Waals surface area contributed by atoms with E-state index in [1.807, 2.05) is 33.8 Å². The number of nitrogens with zero attached hydrogens (tertiary/aromatic N) is 2. The Kier molecular flexibility index (Phi) is 8.63. The average Bonchev–Trinajstić information content (AvgIpc) is 2.71. The van der Waals surface area contributed by atoms with Crippen LogP contribution in [-0.4, -0.2) is 34.8 Å². The number of carbonyl (C=O) groups is 2. The summed E-state index contributed by atoms with van der Waals surface area (Å²) in [5.41, 5.74) is 2.28. The maximum Gasteiger partial charge on any atom is 0.272 e. The van der Waals surface area contributed by atoms with Crippen molar-refractivity contribution in [2.24, 2.45) is 5.92 Å². The van der Waals surface area contributed by atoms with Crippen LogP contribution in [0.1, 0.15) is 73.9 Å². The van der Waals surface area contributed by atoms with Gasteiger partial charge in [-0.25, -0.2) is 18.7 Å². The van der Waals surface area contributed by atoms with Gasteiger partial charge in [0.15, 0.2) is 6.61 Å². The van der Waals surface area contributed by atoms with Crippen molar-refractivity contribution in [2.75, 3.05) is 11.9 Å². The summed E-state index contributed by atoms with van der Waals surface area (Å²) in [5, 5.41) is 5.70. The Labute approximate surface area is 187 Å². The summed E-state index contributed by atoms with van der Waals surface area (Å²) in [6.07, 6.45) is -2.61. The molecule has 0 saturated carbocycles. The van der Waals surface area contributed by atoms with E-state index in [0.29, 0.717) is 22.8 Å². The molecule has 2 heterocycles. The standard InChI is InChI=1S/C23H30F2N4O3/c1-12(2)21-17(7-8-20(29-21)32-11-18(24)25)23(31)27-15(6)16-9-14(5)26-19(10-16)28-22(30)13(3)4/h7-10,12-13,15,18H,11H2,1-6H3,(H,27,31)(H,26,28,30). The van der Waals surface area contributed by atoms with Crippen molar-refractivity contribution in [1.82, 2.24) is 15.3 Å². The molecule has 0 aliphatic heterocycles. The van der Waals surface area contributed by atoms with Gasteiger partial charge < -0.3 is 15.4 Å². The first kappa shape index (κ1) is 25.2. The number of rotatable bonds is 9. The van der Waals surface area contributed by atoms with Crippen LogP contribution in [-0.2, 0) is 4.79 Å². The molecule has 0 saturated heterocycles. The van der Waals surface area contributed by atoms with E-state index in [1.54, 1.807) is 19.9 Å². The highest BCUT2D eigenvalue weighted by atomic mass is 19.3. The van der Waals surface area contributed by atoms with Crippen LogP contribution in [0.2, 0.25) is 0 Å². The SMILES string of the molecule is Cc1cc(C(C)NC(=O)c2ccc(OCC(F)F)nc2C(C)C)cc(NC(=O)C(C)C)n1. The quantitative estimate of drug-likeness (QED) is 0.583. The van der Waals surface area contributed by atoms with Gasteiger partial charge in [-0.1, -0.05) is 27.7 Å². The molecule has 2 N–H and O–H groups in total. The van der Waals surface area contributed by atoms with Gasteiger partial charge >= 0.3 is 0 Å². The second-order valence-electron chi connectivity index (χ2n) is 8.21. The van der Waals surface area contributed by atoms with Crippen molar-refractivity contribution in [3.8, 4) is 5.88 Å². The van der Waals surface area contributed by atoms with Crippen LogP contribution in [0.3, 0.4) is 0 Å². The van der Waals surface area contributed by atoms with E-state index in [-0.39, 0.29) is 35.6 Å². The number of aromatic nitrogens is 2. The van der Waals surface area contributed by atoms with Gasteiger partial charge in [-0.05, 0) is 43.5 Å². The van der Waals surface area contributed by atoms with Crippen LogP contribution >= 0.6 is 0 Å². The number of pyridine rings is 2. The Hall–Kier alpha value is -3.10. The fourth-order valence-corrected chi connectivity index (χ4v) is 2.95. The molecule has 2 rings (SSSR count). The van der Waals surface area contributed by atoms with E-state index < -0.39 is 13.0 Å². The number of hydrogen-bond donors (Lipinski definition) is 2. The predicted octanol–water partition coefficient (Wildman–Crippen LogP) is 4.64. The molecule has 1 atom stereocenters. The number of anilines is 1. The lowest BCUT2D eigenvalue weighted by Crippen LogP contribution is -2.28. The monoisotopic (exact) mass is 448 g/mol. The lowest BCUT2D eigenvalue weighted by molar-refractivity contribution is -0.118. The highest BCUT2D eigenvalue weighted by Gasteiger charge is 2.20. The second kappa shape index (κ2) is 11.0. The highest BCUT2D eigenvalue weighted by Crippen LogP contribution is 2.23. The number of hydrogen-bond acceptors (Lipinski definition) is 5. The average molecular weight is 449 g/mol. The molecule has 2 aromatic rings. The van der Waals surface area contributed by atoms with E-state index in [1.165, 1.54) is 12.1 Å². The number of halogens is 2. The lowest BCUT2D eigenvalue weighted by Gasteiger charge is -2.19. The van der Waals surface area contributed by atoms with Crippen molar-refractivity contribution in [3.05, 3.63) is 46.8 Å². The molecule has 0 spiro atoms. The van der Waals surface area contributed by atoms with Gasteiger partial charge in [-0.15, -0.1) is 0 Å². The smallest absolute Gasteiger partial charge is 0.272 e. The van der Waals surface area contributed by atoms with Gasteiger partial charge in [-0.3, -0.25) is 9.59 Å². The molecule has 32 heavy (non-hydrogen) atoms. The summed E-state index contributed by atoms with van der Waals surface area (Å²) in [6, 6.07) is 6.11. The Morgan fingerprint density at radius 1 is 1.06 bits per heavy atom. The zero-order valence-corrected chi connectivity index (χ0v) is 19.2. The molecule has 0 aromatic carbocycles. The van der Waals surface area contributed by atoms with Crippen LogP contribution < -0.4 is 15.4 Å². The Balaban J connectivity index is 2.21. The number of alkyl halides is 2. The number of aryl methyl sites for hydroxylation is 1. The lowest BCUT2D eigenvalue weighted by atomic mass is 10.0. The van der Waals surface area contributed by atoms with Crippen LogP contribution in [0.25, 0.3) is 0 Å². The number of nitrogens with one attached hydrogen (secondary N) is 2. The zero-order valence-electron chi connectivity index (χ0n) is 19.2. The molecule has 174 valence electrons. The number of ether oxygens (including phenoxy) is 1. The van der Waals surface area contributed by atoms with Crippen LogP contribution in [0, 0.1) is 12.8 Å². The summed E-state index contributed by atoms with van der Waals surface area (Å²) < 4.78 is 29.8. The minimum Gasteiger partial charge on any atom is -0.472 e. The minimum atomic E-state index is -2.61. The van der Waals surface area contributed by atoms with Gasteiger partial charge in [0.2, 0.25) is 11.8 Å². The van der Waals surface area contributed by atoms with Crippen LogP contribution in [0.15, 0.2) is 24.3 Å². The van der Waals surface area contributed by atoms with E-state index in [9.17, 15) is 18.4 Å². The second-order valence-corrected chi connectivity index (χ2v) is 8.21. The largest absolute Gasteiger partial charge is 0.472 e. The molecular formula is C23H30F2N4O3. The first-order valence-corrected chi connectivity index (χ1v) is 10.5. The van der Waals surface area contributed by atoms with E-state index in [4.69, 9.17) is 4.74 Å². The Bertz CT molecular complexity index is 964. The molecule has 1 unspecified atom stereocenters. The maximum absolute atomic E-state index is 13.0. The zero-order chi connectivity index (χ0) is 24.0. The third-order valence-corrected chi connectivity index (χ3v) is 4.65. The molecule has 7 nitrogen and oxygen atoms in total. The first-order valence-electron chi connectivity index (χ1n) is 10.5. The molecule has 0 aliphatic rings. The molecule has 2 amide bonds. The maximum atomic E-state index is 13.0. The van der Waals surface area contributed by atoms with Gasteiger partial charge in [0, 0.05) is 17.7 Å². The molecular weight excluding hydrogens is 418 g/mol. The topological polar surface area (TPSA) is 93.2 Å². The van der Waals surface area contributed by atoms with Gasteiger partial charge in [0.05, 0.1) is 17.3 Å². The van der Waals surface area contributed by atoms with Crippen molar-refractivity contribution in [3.63, 3.8) is 0 Å². The fraction of sp³-hybridized carbons (Fsp3) is 0.478. The van der Waals surface area contributed by atoms with Gasteiger partial charge in [0.1, 0.15) is 5.82 Å². The Morgan fingerprint density at radius 3 is 2.34 bits per heavy atom. The van der Waals surface area contributed by atoms with Crippen molar-refractivity contribution in [1.29, 1.82) is 0 Å². The number of carbonyl (C=O) groups excluding carboxylic acids is 2. The molecule has 0 bridgehead atoms. The van der Waals surface area contributed by atoms with Crippen molar-refractivity contribution >= 4 is 17.6 Å².